The number of esters is 1. The largest absolute Gasteiger partial charge is 0.495 e. The van der Waals surface area contributed by atoms with Gasteiger partial charge in [-0.3, -0.25) is 4.31 Å². The van der Waals surface area contributed by atoms with E-state index < -0.39 is 16.0 Å². The summed E-state index contributed by atoms with van der Waals surface area (Å²) >= 11 is 12.0. The molecule has 0 saturated heterocycles. The fraction of sp³-hybridized carbons (Fsp3) is 0.188. The van der Waals surface area contributed by atoms with Crippen LogP contribution in [0.5, 0.6) is 5.75 Å². The number of nitrogens with zero attached hydrogens (tertiary/aromatic N) is 1. The molecule has 0 spiro atoms. The standard InChI is InChI=1S/C16H15Cl2NO5S/c1-19(10-4-6-13(17)12(8-10)16(20)24-3)25(21,22)11-5-7-15(23-2)14(18)9-11/h4-9H,1-3H3. The van der Waals surface area contributed by atoms with Gasteiger partial charge in [-0.25, -0.2) is 13.2 Å². The third-order valence-corrected chi connectivity index (χ3v) is 5.91. The van der Waals surface area contributed by atoms with E-state index in [1.54, 1.807) is 0 Å². The number of benzene rings is 2. The first kappa shape index (κ1) is 19.4. The molecule has 0 N–H and O–H groups in total. The molecule has 0 bridgehead atoms. The molecule has 0 aromatic heterocycles. The van der Waals surface area contributed by atoms with Gasteiger partial charge in [0.2, 0.25) is 0 Å². The van der Waals surface area contributed by atoms with Crippen molar-refractivity contribution in [1.82, 2.24) is 0 Å². The molecule has 6 nitrogen and oxygen atoms in total. The molecule has 0 radical (unpaired) electrons. The first-order valence-electron chi connectivity index (χ1n) is 6.92. The van der Waals surface area contributed by atoms with Gasteiger partial charge in [0.1, 0.15) is 5.75 Å². The smallest absolute Gasteiger partial charge is 0.339 e. The molecule has 9 heteroatoms. The first-order chi connectivity index (χ1) is 11.7. The van der Waals surface area contributed by atoms with Crippen LogP contribution in [0.2, 0.25) is 10.0 Å². The summed E-state index contributed by atoms with van der Waals surface area (Å²) in [6, 6.07) is 8.40. The summed E-state index contributed by atoms with van der Waals surface area (Å²) < 4.78 is 36.3. The van der Waals surface area contributed by atoms with Crippen LogP contribution < -0.4 is 9.04 Å². The molecule has 0 fully saturated rings. The average molecular weight is 404 g/mol. The van der Waals surface area contributed by atoms with Crippen molar-refractivity contribution in [3.63, 3.8) is 0 Å². The number of carbonyl (C=O) groups excluding carboxylic acids is 1. The lowest BCUT2D eigenvalue weighted by Gasteiger charge is -2.20. The molecule has 0 aliphatic heterocycles. The van der Waals surface area contributed by atoms with E-state index in [0.29, 0.717) is 5.75 Å². The Morgan fingerprint density at radius 2 is 1.72 bits per heavy atom. The van der Waals surface area contributed by atoms with Gasteiger partial charge in [-0.2, -0.15) is 0 Å². The summed E-state index contributed by atoms with van der Waals surface area (Å²) in [6.07, 6.45) is 0. The van der Waals surface area contributed by atoms with Crippen LogP contribution in [0.3, 0.4) is 0 Å². The summed E-state index contributed by atoms with van der Waals surface area (Å²) in [5.74, 6) is -0.298. The summed E-state index contributed by atoms with van der Waals surface area (Å²) in [6.45, 7) is 0. The van der Waals surface area contributed by atoms with E-state index >= 15 is 0 Å². The molecule has 134 valence electrons. The molecule has 2 aromatic carbocycles. The summed E-state index contributed by atoms with van der Waals surface area (Å²) in [4.78, 5) is 11.7. The number of ether oxygens (including phenoxy) is 2. The highest BCUT2D eigenvalue weighted by atomic mass is 35.5. The number of hydrogen-bond donors (Lipinski definition) is 0. The highest BCUT2D eigenvalue weighted by Crippen LogP contribution is 2.31. The van der Waals surface area contributed by atoms with Crippen molar-refractivity contribution in [2.45, 2.75) is 4.90 Å². The Kier molecular flexibility index (Phi) is 5.82. The van der Waals surface area contributed by atoms with Gasteiger partial charge in [0.05, 0.1) is 40.4 Å². The second kappa shape index (κ2) is 7.51. The van der Waals surface area contributed by atoms with Gasteiger partial charge in [0.15, 0.2) is 0 Å². The highest BCUT2D eigenvalue weighted by molar-refractivity contribution is 7.92. The van der Waals surface area contributed by atoms with Crippen molar-refractivity contribution in [2.24, 2.45) is 0 Å². The number of halogens is 2. The van der Waals surface area contributed by atoms with E-state index in [1.807, 2.05) is 0 Å². The monoisotopic (exact) mass is 403 g/mol. The number of anilines is 1. The number of sulfonamides is 1. The zero-order valence-electron chi connectivity index (χ0n) is 13.6. The fourth-order valence-corrected chi connectivity index (χ4v) is 3.81. The van der Waals surface area contributed by atoms with Gasteiger partial charge in [0.25, 0.3) is 10.0 Å². The van der Waals surface area contributed by atoms with E-state index in [1.165, 1.54) is 57.7 Å². The number of carbonyl (C=O) groups is 1. The topological polar surface area (TPSA) is 72.9 Å². The van der Waals surface area contributed by atoms with E-state index in [4.69, 9.17) is 27.9 Å². The second-order valence-electron chi connectivity index (χ2n) is 4.92. The number of hydrogen-bond acceptors (Lipinski definition) is 5. The van der Waals surface area contributed by atoms with Crippen molar-refractivity contribution >= 4 is 44.9 Å². The lowest BCUT2D eigenvalue weighted by molar-refractivity contribution is 0.0601. The van der Waals surface area contributed by atoms with Crippen LogP contribution in [-0.4, -0.2) is 35.7 Å². The third-order valence-electron chi connectivity index (χ3n) is 3.50. The Hall–Kier alpha value is -1.96. The molecule has 0 saturated carbocycles. The van der Waals surface area contributed by atoms with Gasteiger partial charge >= 0.3 is 5.97 Å². The Balaban J connectivity index is 2.47. The van der Waals surface area contributed by atoms with Crippen LogP contribution in [0.15, 0.2) is 41.3 Å². The fourth-order valence-electron chi connectivity index (χ4n) is 2.08. The lowest BCUT2D eigenvalue weighted by Crippen LogP contribution is -2.26. The predicted octanol–water partition coefficient (Wildman–Crippen LogP) is 3.61. The van der Waals surface area contributed by atoms with Crippen molar-refractivity contribution in [2.75, 3.05) is 25.6 Å². The molecule has 0 aliphatic carbocycles. The van der Waals surface area contributed by atoms with Gasteiger partial charge in [0, 0.05) is 7.05 Å². The summed E-state index contributed by atoms with van der Waals surface area (Å²) in [7, 11) is 0.103. The van der Waals surface area contributed by atoms with Crippen LogP contribution in [-0.2, 0) is 14.8 Å². The van der Waals surface area contributed by atoms with Gasteiger partial charge in [-0.05, 0) is 36.4 Å². The van der Waals surface area contributed by atoms with E-state index in [9.17, 15) is 13.2 Å². The van der Waals surface area contributed by atoms with Gasteiger partial charge in [-0.1, -0.05) is 23.2 Å². The maximum absolute atomic E-state index is 12.8. The van der Waals surface area contributed by atoms with Crippen LogP contribution >= 0.6 is 23.2 Å². The van der Waals surface area contributed by atoms with E-state index in [-0.39, 0.29) is 26.2 Å². The zero-order valence-corrected chi connectivity index (χ0v) is 15.9. The van der Waals surface area contributed by atoms with Crippen molar-refractivity contribution in [1.29, 1.82) is 0 Å². The van der Waals surface area contributed by atoms with Crippen molar-refractivity contribution in [3.05, 3.63) is 52.0 Å². The van der Waals surface area contributed by atoms with Crippen molar-refractivity contribution < 1.29 is 22.7 Å². The predicted molar refractivity (Wildman–Crippen MR) is 96.4 cm³/mol. The molecule has 0 amide bonds. The quantitative estimate of drug-likeness (QED) is 0.712. The number of methoxy groups -OCH3 is 2. The van der Waals surface area contributed by atoms with Crippen LogP contribution in [0.4, 0.5) is 5.69 Å². The Labute approximate surface area is 155 Å². The van der Waals surface area contributed by atoms with Gasteiger partial charge < -0.3 is 9.47 Å². The molecule has 25 heavy (non-hydrogen) atoms. The molecule has 0 aliphatic rings. The Bertz CT molecular complexity index is 915. The molecule has 0 atom stereocenters. The third kappa shape index (κ3) is 3.84. The molecule has 0 unspecified atom stereocenters. The molecule has 0 heterocycles. The number of rotatable bonds is 5. The molecular formula is C16H15Cl2NO5S. The zero-order chi connectivity index (χ0) is 18.8. The van der Waals surface area contributed by atoms with Gasteiger partial charge in [-0.15, -0.1) is 0 Å². The molecule has 2 rings (SSSR count). The minimum atomic E-state index is -3.90. The van der Waals surface area contributed by atoms with Crippen LogP contribution in [0.1, 0.15) is 10.4 Å². The minimum absolute atomic E-state index is 0.0182. The summed E-state index contributed by atoms with van der Waals surface area (Å²) in [5, 5.41) is 0.331. The minimum Gasteiger partial charge on any atom is -0.495 e. The average Bonchev–Trinajstić information content (AvgIpc) is 2.60. The lowest BCUT2D eigenvalue weighted by atomic mass is 10.2. The maximum atomic E-state index is 12.8. The maximum Gasteiger partial charge on any atom is 0.339 e. The molecular weight excluding hydrogens is 389 g/mol. The highest BCUT2D eigenvalue weighted by Gasteiger charge is 2.24. The van der Waals surface area contributed by atoms with Crippen LogP contribution in [0, 0.1) is 0 Å². The molecule has 2 aromatic rings. The van der Waals surface area contributed by atoms with E-state index in [2.05, 4.69) is 4.74 Å². The normalized spacial score (nSPS) is 11.1. The van der Waals surface area contributed by atoms with Crippen molar-refractivity contribution in [3.8, 4) is 5.75 Å². The SMILES string of the molecule is COC(=O)c1cc(N(C)S(=O)(=O)c2ccc(OC)c(Cl)c2)ccc1Cl. The second-order valence-corrected chi connectivity index (χ2v) is 7.71. The first-order valence-corrected chi connectivity index (χ1v) is 9.12. The van der Waals surface area contributed by atoms with Crippen LogP contribution in [0.25, 0.3) is 0 Å². The summed E-state index contributed by atoms with van der Waals surface area (Å²) in [5.41, 5.74) is 0.313. The Morgan fingerprint density at radius 3 is 2.28 bits per heavy atom. The Morgan fingerprint density at radius 1 is 1.04 bits per heavy atom. The van der Waals surface area contributed by atoms with E-state index in [0.717, 1.165) is 4.31 Å².